The number of carboxylic acids is 1. The molecule has 2 aromatic carbocycles. The number of anilines is 1. The number of methoxy groups -OCH3 is 1. The SMILES string of the molecule is COc1ccccc1-c1cccc(NC(=O)N2CCC[C@@H]2C(=O)O)c1. The zero-order valence-corrected chi connectivity index (χ0v) is 13.9. The van der Waals surface area contributed by atoms with Crippen LogP contribution >= 0.6 is 0 Å². The second-order valence-electron chi connectivity index (χ2n) is 5.90. The molecule has 2 N–H and O–H groups in total. The van der Waals surface area contributed by atoms with Crippen molar-refractivity contribution in [2.75, 3.05) is 19.0 Å². The number of likely N-dealkylation sites (tertiary alicyclic amines) is 1. The van der Waals surface area contributed by atoms with Crippen LogP contribution in [0.25, 0.3) is 11.1 Å². The Kier molecular flexibility index (Phi) is 4.88. The van der Waals surface area contributed by atoms with E-state index < -0.39 is 12.0 Å². The van der Waals surface area contributed by atoms with Crippen LogP contribution in [0.5, 0.6) is 5.75 Å². The number of ether oxygens (including phenoxy) is 1. The molecule has 0 saturated carbocycles. The molecule has 1 atom stereocenters. The summed E-state index contributed by atoms with van der Waals surface area (Å²) in [5, 5.41) is 12.0. The molecule has 6 nitrogen and oxygen atoms in total. The first-order valence-electron chi connectivity index (χ1n) is 8.14. The molecule has 0 bridgehead atoms. The van der Waals surface area contributed by atoms with E-state index in [1.54, 1.807) is 13.2 Å². The van der Waals surface area contributed by atoms with Gasteiger partial charge in [-0.1, -0.05) is 30.3 Å². The number of carboxylic acid groups (broad SMARTS) is 1. The quantitative estimate of drug-likeness (QED) is 0.893. The number of nitrogens with one attached hydrogen (secondary N) is 1. The summed E-state index contributed by atoms with van der Waals surface area (Å²) in [6.45, 7) is 0.453. The summed E-state index contributed by atoms with van der Waals surface area (Å²) in [7, 11) is 1.61. The molecular formula is C19H20N2O4. The van der Waals surface area contributed by atoms with E-state index in [-0.39, 0.29) is 6.03 Å². The van der Waals surface area contributed by atoms with Gasteiger partial charge in [-0.2, -0.15) is 0 Å². The summed E-state index contributed by atoms with van der Waals surface area (Å²) < 4.78 is 5.38. The van der Waals surface area contributed by atoms with Gasteiger partial charge in [0.25, 0.3) is 0 Å². The van der Waals surface area contributed by atoms with Gasteiger partial charge in [-0.15, -0.1) is 0 Å². The number of carbonyl (C=O) groups is 2. The number of hydrogen-bond donors (Lipinski definition) is 2. The van der Waals surface area contributed by atoms with Crippen LogP contribution in [0, 0.1) is 0 Å². The van der Waals surface area contributed by atoms with E-state index in [9.17, 15) is 14.7 Å². The molecule has 0 unspecified atom stereocenters. The van der Waals surface area contributed by atoms with Crippen molar-refractivity contribution in [2.45, 2.75) is 18.9 Å². The third-order valence-corrected chi connectivity index (χ3v) is 4.33. The first-order valence-corrected chi connectivity index (χ1v) is 8.14. The second kappa shape index (κ2) is 7.25. The fraction of sp³-hybridized carbons (Fsp3) is 0.263. The van der Waals surface area contributed by atoms with Gasteiger partial charge in [0.05, 0.1) is 7.11 Å². The monoisotopic (exact) mass is 340 g/mol. The number of benzene rings is 2. The Morgan fingerprint density at radius 3 is 2.76 bits per heavy atom. The van der Waals surface area contributed by atoms with Crippen molar-refractivity contribution >= 4 is 17.7 Å². The van der Waals surface area contributed by atoms with Gasteiger partial charge in [0.1, 0.15) is 11.8 Å². The third-order valence-electron chi connectivity index (χ3n) is 4.33. The van der Waals surface area contributed by atoms with Gasteiger partial charge in [0.15, 0.2) is 0 Å². The third kappa shape index (κ3) is 3.57. The highest BCUT2D eigenvalue weighted by Crippen LogP contribution is 2.31. The van der Waals surface area contributed by atoms with E-state index in [0.29, 0.717) is 25.1 Å². The van der Waals surface area contributed by atoms with Gasteiger partial charge in [-0.05, 0) is 36.6 Å². The van der Waals surface area contributed by atoms with E-state index in [0.717, 1.165) is 16.9 Å². The van der Waals surface area contributed by atoms with E-state index >= 15 is 0 Å². The van der Waals surface area contributed by atoms with Crippen LogP contribution in [0.2, 0.25) is 0 Å². The average Bonchev–Trinajstić information content (AvgIpc) is 3.12. The van der Waals surface area contributed by atoms with Gasteiger partial charge in [0.2, 0.25) is 0 Å². The first kappa shape index (κ1) is 16.8. The largest absolute Gasteiger partial charge is 0.496 e. The number of urea groups is 1. The van der Waals surface area contributed by atoms with E-state index in [2.05, 4.69) is 5.32 Å². The van der Waals surface area contributed by atoms with Gasteiger partial charge in [0, 0.05) is 17.8 Å². The van der Waals surface area contributed by atoms with Crippen LogP contribution < -0.4 is 10.1 Å². The van der Waals surface area contributed by atoms with Crippen molar-refractivity contribution in [3.8, 4) is 16.9 Å². The topological polar surface area (TPSA) is 78.9 Å². The number of nitrogens with zero attached hydrogens (tertiary/aromatic N) is 1. The van der Waals surface area contributed by atoms with E-state index in [1.807, 2.05) is 42.5 Å². The molecule has 1 aliphatic rings. The number of aliphatic carboxylic acids is 1. The molecule has 0 radical (unpaired) electrons. The van der Waals surface area contributed by atoms with Gasteiger partial charge in [-0.3, -0.25) is 0 Å². The predicted octanol–water partition coefficient (Wildman–Crippen LogP) is 3.44. The number of rotatable bonds is 4. The van der Waals surface area contributed by atoms with Gasteiger partial charge < -0.3 is 20.1 Å². The normalized spacial score (nSPS) is 16.5. The Morgan fingerprint density at radius 1 is 1.20 bits per heavy atom. The standard InChI is InChI=1S/C19H20N2O4/c1-25-17-10-3-2-8-15(17)13-6-4-7-14(12-13)20-19(24)21-11-5-9-16(21)18(22)23/h2-4,6-8,10,12,16H,5,9,11H2,1H3,(H,20,24)(H,22,23)/t16-/m1/s1. The molecule has 2 amide bonds. The van der Waals surface area contributed by atoms with Crippen molar-refractivity contribution in [1.29, 1.82) is 0 Å². The number of hydrogen-bond acceptors (Lipinski definition) is 3. The summed E-state index contributed by atoms with van der Waals surface area (Å²) in [5.74, 6) is -0.216. The Hall–Kier alpha value is -3.02. The maximum absolute atomic E-state index is 12.4. The van der Waals surface area contributed by atoms with E-state index in [1.165, 1.54) is 4.90 Å². The Balaban J connectivity index is 1.80. The number of amides is 2. The lowest BCUT2D eigenvalue weighted by molar-refractivity contribution is -0.141. The van der Waals surface area contributed by atoms with Crippen LogP contribution in [0.3, 0.4) is 0 Å². The second-order valence-corrected chi connectivity index (χ2v) is 5.90. The summed E-state index contributed by atoms with van der Waals surface area (Å²) >= 11 is 0. The fourth-order valence-electron chi connectivity index (χ4n) is 3.11. The van der Waals surface area contributed by atoms with Gasteiger partial charge >= 0.3 is 12.0 Å². The van der Waals surface area contributed by atoms with E-state index in [4.69, 9.17) is 4.74 Å². The van der Waals surface area contributed by atoms with Gasteiger partial charge in [-0.25, -0.2) is 9.59 Å². The van der Waals surface area contributed by atoms with Crippen LogP contribution in [-0.2, 0) is 4.79 Å². The zero-order valence-electron chi connectivity index (χ0n) is 13.9. The predicted molar refractivity (Wildman–Crippen MR) is 94.8 cm³/mol. The first-order chi connectivity index (χ1) is 12.1. The lowest BCUT2D eigenvalue weighted by Crippen LogP contribution is -2.42. The zero-order chi connectivity index (χ0) is 17.8. The van der Waals surface area contributed by atoms with Crippen molar-refractivity contribution in [3.63, 3.8) is 0 Å². The molecule has 25 heavy (non-hydrogen) atoms. The number of para-hydroxylation sites is 1. The molecule has 1 heterocycles. The van der Waals surface area contributed by atoms with Crippen molar-refractivity contribution < 1.29 is 19.4 Å². The number of carbonyl (C=O) groups excluding carboxylic acids is 1. The summed E-state index contributed by atoms with van der Waals surface area (Å²) in [6.07, 6.45) is 1.19. The highest BCUT2D eigenvalue weighted by Gasteiger charge is 2.33. The fourth-order valence-corrected chi connectivity index (χ4v) is 3.11. The summed E-state index contributed by atoms with van der Waals surface area (Å²) in [6, 6.07) is 13.9. The Labute approximate surface area is 146 Å². The van der Waals surface area contributed by atoms with Crippen LogP contribution in [0.4, 0.5) is 10.5 Å². The minimum Gasteiger partial charge on any atom is -0.496 e. The summed E-state index contributed by atoms with van der Waals surface area (Å²) in [5.41, 5.74) is 2.45. The smallest absolute Gasteiger partial charge is 0.326 e. The van der Waals surface area contributed by atoms with Crippen LogP contribution in [-0.4, -0.2) is 41.7 Å². The highest BCUT2D eigenvalue weighted by atomic mass is 16.5. The average molecular weight is 340 g/mol. The maximum atomic E-state index is 12.4. The molecule has 2 aromatic rings. The lowest BCUT2D eigenvalue weighted by atomic mass is 10.0. The molecule has 0 aromatic heterocycles. The molecule has 130 valence electrons. The Bertz CT molecular complexity index is 790. The summed E-state index contributed by atoms with van der Waals surface area (Å²) in [4.78, 5) is 25.0. The molecule has 6 heteroatoms. The van der Waals surface area contributed by atoms with Crippen LogP contribution in [0.15, 0.2) is 48.5 Å². The molecule has 1 fully saturated rings. The lowest BCUT2D eigenvalue weighted by Gasteiger charge is -2.22. The van der Waals surface area contributed by atoms with Crippen molar-refractivity contribution in [2.24, 2.45) is 0 Å². The maximum Gasteiger partial charge on any atom is 0.326 e. The minimum absolute atomic E-state index is 0.387. The molecule has 0 aliphatic carbocycles. The molecular weight excluding hydrogens is 320 g/mol. The molecule has 0 spiro atoms. The molecule has 1 saturated heterocycles. The highest BCUT2D eigenvalue weighted by molar-refractivity contribution is 5.93. The Morgan fingerprint density at radius 2 is 2.00 bits per heavy atom. The van der Waals surface area contributed by atoms with Crippen molar-refractivity contribution in [1.82, 2.24) is 4.90 Å². The van der Waals surface area contributed by atoms with Crippen molar-refractivity contribution in [3.05, 3.63) is 48.5 Å². The molecule has 1 aliphatic heterocycles. The van der Waals surface area contributed by atoms with Crippen LogP contribution in [0.1, 0.15) is 12.8 Å². The molecule has 3 rings (SSSR count). The minimum atomic E-state index is -0.963.